The highest BCUT2D eigenvalue weighted by atomic mass is 28.4. The zero-order valence-electron chi connectivity index (χ0n) is 25.1. The first-order chi connectivity index (χ1) is 19.6. The van der Waals surface area contributed by atoms with Crippen molar-refractivity contribution in [2.45, 2.75) is 83.2 Å². The summed E-state index contributed by atoms with van der Waals surface area (Å²) < 4.78 is 7.21. The van der Waals surface area contributed by atoms with E-state index in [-0.39, 0.29) is 22.9 Å². The van der Waals surface area contributed by atoms with Gasteiger partial charge in [-0.1, -0.05) is 119 Å². The van der Waals surface area contributed by atoms with Crippen LogP contribution in [0.15, 0.2) is 84.9 Å². The first-order valence-electron chi connectivity index (χ1n) is 15.0. The van der Waals surface area contributed by atoms with E-state index in [1.807, 2.05) is 36.4 Å². The Kier molecular flexibility index (Phi) is 9.87. The molecule has 1 amide bonds. The summed E-state index contributed by atoms with van der Waals surface area (Å²) in [5.74, 6) is -0.871. The number of hydrogen-bond acceptors (Lipinski definition) is 3. The van der Waals surface area contributed by atoms with Crippen molar-refractivity contribution >= 4 is 30.6 Å². The number of aryl methyl sites for hydroxylation is 1. The SMILES string of the molecule is CCC1(N(CCO[Si](c2ccccc2)(c2ccccc2)C(C)(C)C)C(=O)c2ccccc2CCC(=O)O)CCCC1. The van der Waals surface area contributed by atoms with Crippen LogP contribution in [-0.4, -0.2) is 48.9 Å². The molecule has 218 valence electrons. The molecule has 1 aliphatic rings. The Hall–Kier alpha value is -3.22. The Morgan fingerprint density at radius 3 is 1.93 bits per heavy atom. The van der Waals surface area contributed by atoms with Crippen molar-refractivity contribution in [3.05, 3.63) is 96.1 Å². The van der Waals surface area contributed by atoms with E-state index in [0.717, 1.165) is 37.7 Å². The van der Waals surface area contributed by atoms with Crippen LogP contribution in [0.5, 0.6) is 0 Å². The number of amides is 1. The van der Waals surface area contributed by atoms with Crippen LogP contribution in [0.3, 0.4) is 0 Å². The van der Waals surface area contributed by atoms with Gasteiger partial charge in [-0.2, -0.15) is 0 Å². The van der Waals surface area contributed by atoms with Crippen LogP contribution in [0.2, 0.25) is 5.04 Å². The molecule has 1 saturated carbocycles. The van der Waals surface area contributed by atoms with E-state index < -0.39 is 14.3 Å². The molecule has 0 unspecified atom stereocenters. The first-order valence-corrected chi connectivity index (χ1v) is 16.9. The zero-order chi connectivity index (χ0) is 29.5. The molecule has 0 radical (unpaired) electrons. The minimum Gasteiger partial charge on any atom is -0.481 e. The number of carboxylic acids is 1. The lowest BCUT2D eigenvalue weighted by molar-refractivity contribution is -0.136. The van der Waals surface area contributed by atoms with Gasteiger partial charge < -0.3 is 14.4 Å². The van der Waals surface area contributed by atoms with Crippen LogP contribution in [-0.2, 0) is 15.6 Å². The number of rotatable bonds is 12. The monoisotopic (exact) mass is 571 g/mol. The van der Waals surface area contributed by atoms with E-state index in [4.69, 9.17) is 4.43 Å². The highest BCUT2D eigenvalue weighted by molar-refractivity contribution is 6.99. The topological polar surface area (TPSA) is 66.8 Å². The molecule has 1 N–H and O–H groups in total. The summed E-state index contributed by atoms with van der Waals surface area (Å²) in [6.07, 6.45) is 5.39. The minimum atomic E-state index is -2.74. The Balaban J connectivity index is 1.71. The molecule has 1 aliphatic carbocycles. The molecule has 3 aromatic rings. The van der Waals surface area contributed by atoms with Crippen LogP contribution in [0.25, 0.3) is 0 Å². The summed E-state index contributed by atoms with van der Waals surface area (Å²) in [7, 11) is -2.74. The molecule has 5 nitrogen and oxygen atoms in total. The predicted molar refractivity (Wildman–Crippen MR) is 168 cm³/mol. The quantitative estimate of drug-likeness (QED) is 0.254. The fraction of sp³-hybridized carbons (Fsp3) is 0.429. The number of carbonyl (C=O) groups excluding carboxylic acids is 1. The number of hydrogen-bond donors (Lipinski definition) is 1. The maximum absolute atomic E-state index is 14.4. The lowest BCUT2D eigenvalue weighted by atomic mass is 9.90. The molecule has 6 heteroatoms. The van der Waals surface area contributed by atoms with E-state index in [0.29, 0.717) is 25.1 Å². The Morgan fingerprint density at radius 1 is 0.878 bits per heavy atom. The molecule has 41 heavy (non-hydrogen) atoms. The van der Waals surface area contributed by atoms with Gasteiger partial charge in [0, 0.05) is 24.1 Å². The second kappa shape index (κ2) is 13.2. The highest BCUT2D eigenvalue weighted by Crippen LogP contribution is 2.40. The van der Waals surface area contributed by atoms with Crippen LogP contribution in [0.4, 0.5) is 0 Å². The Bertz CT molecular complexity index is 1260. The van der Waals surface area contributed by atoms with Gasteiger partial charge in [0.05, 0.1) is 6.61 Å². The van der Waals surface area contributed by atoms with Gasteiger partial charge in [0.1, 0.15) is 0 Å². The van der Waals surface area contributed by atoms with E-state index in [2.05, 4.69) is 81.1 Å². The highest BCUT2D eigenvalue weighted by Gasteiger charge is 2.50. The average Bonchev–Trinajstić information content (AvgIpc) is 3.46. The van der Waals surface area contributed by atoms with Crippen molar-refractivity contribution < 1.29 is 19.1 Å². The van der Waals surface area contributed by atoms with Gasteiger partial charge in [-0.25, -0.2) is 0 Å². The van der Waals surface area contributed by atoms with Gasteiger partial charge in [-0.05, 0) is 52.7 Å². The number of nitrogens with zero attached hydrogens (tertiary/aromatic N) is 1. The third kappa shape index (κ3) is 6.49. The smallest absolute Gasteiger partial charge is 0.303 e. The third-order valence-corrected chi connectivity index (χ3v) is 14.0. The molecule has 0 aliphatic heterocycles. The maximum Gasteiger partial charge on any atom is 0.303 e. The number of benzene rings is 3. The molecule has 4 rings (SSSR count). The van der Waals surface area contributed by atoms with Gasteiger partial charge in [0.25, 0.3) is 14.2 Å². The van der Waals surface area contributed by atoms with E-state index in [1.54, 1.807) is 0 Å². The van der Waals surface area contributed by atoms with Crippen LogP contribution < -0.4 is 10.4 Å². The number of carboxylic acid groups (broad SMARTS) is 1. The van der Waals surface area contributed by atoms with Crippen molar-refractivity contribution in [2.75, 3.05) is 13.2 Å². The lowest BCUT2D eigenvalue weighted by Crippen LogP contribution is -2.67. The van der Waals surface area contributed by atoms with Crippen LogP contribution in [0.1, 0.15) is 82.1 Å². The molecule has 0 spiro atoms. The lowest BCUT2D eigenvalue weighted by Gasteiger charge is -2.45. The summed E-state index contributed by atoms with van der Waals surface area (Å²) in [4.78, 5) is 27.8. The Morgan fingerprint density at radius 2 is 1.41 bits per heavy atom. The van der Waals surface area contributed by atoms with Crippen LogP contribution in [0, 0.1) is 0 Å². The van der Waals surface area contributed by atoms with Crippen molar-refractivity contribution in [2.24, 2.45) is 0 Å². The second-order valence-corrected chi connectivity index (χ2v) is 16.6. The molecule has 3 aromatic carbocycles. The molecule has 0 heterocycles. The van der Waals surface area contributed by atoms with Crippen molar-refractivity contribution in [3.8, 4) is 0 Å². The van der Waals surface area contributed by atoms with Crippen LogP contribution >= 0.6 is 0 Å². The van der Waals surface area contributed by atoms with Crippen molar-refractivity contribution in [3.63, 3.8) is 0 Å². The normalized spacial score (nSPS) is 15.0. The average molecular weight is 572 g/mol. The van der Waals surface area contributed by atoms with Gasteiger partial charge in [-0.3, -0.25) is 9.59 Å². The van der Waals surface area contributed by atoms with E-state index in [9.17, 15) is 14.7 Å². The zero-order valence-corrected chi connectivity index (χ0v) is 26.1. The standard InChI is InChI=1S/C35H45NO4Si/c1-5-35(24-14-15-25-35)36(33(39)31-21-13-12-16-28(31)22-23-32(37)38)26-27-40-41(34(2,3)4,29-17-8-6-9-18-29)30-19-10-7-11-20-30/h6-13,16-21H,5,14-15,22-27H2,1-4H3,(H,37,38). The third-order valence-electron chi connectivity index (χ3n) is 8.92. The summed E-state index contributed by atoms with van der Waals surface area (Å²) in [5.41, 5.74) is 1.19. The van der Waals surface area contributed by atoms with Crippen molar-refractivity contribution in [1.29, 1.82) is 0 Å². The molecule has 1 fully saturated rings. The van der Waals surface area contributed by atoms with Gasteiger partial charge in [0.2, 0.25) is 0 Å². The second-order valence-electron chi connectivity index (χ2n) is 12.3. The fourth-order valence-corrected chi connectivity index (χ4v) is 11.3. The van der Waals surface area contributed by atoms with Gasteiger partial charge in [0.15, 0.2) is 0 Å². The van der Waals surface area contributed by atoms with Crippen molar-refractivity contribution in [1.82, 2.24) is 4.90 Å². The van der Waals surface area contributed by atoms with E-state index >= 15 is 0 Å². The molecular formula is C35H45NO4Si. The summed E-state index contributed by atoms with van der Waals surface area (Å²) >= 11 is 0. The van der Waals surface area contributed by atoms with Gasteiger partial charge in [-0.15, -0.1) is 0 Å². The summed E-state index contributed by atoms with van der Waals surface area (Å²) in [6.45, 7) is 9.91. The predicted octanol–water partition coefficient (Wildman–Crippen LogP) is 6.45. The van der Waals surface area contributed by atoms with E-state index in [1.165, 1.54) is 10.4 Å². The number of carbonyl (C=O) groups is 2. The molecule has 0 saturated heterocycles. The first kappa shape index (κ1) is 30.7. The maximum atomic E-state index is 14.4. The Labute approximate surface area is 246 Å². The molecule has 0 atom stereocenters. The molecule has 0 bridgehead atoms. The fourth-order valence-electron chi connectivity index (χ4n) is 6.79. The summed E-state index contributed by atoms with van der Waals surface area (Å²) in [6, 6.07) is 28.7. The number of aliphatic carboxylic acids is 1. The summed E-state index contributed by atoms with van der Waals surface area (Å²) in [5, 5.41) is 11.6. The largest absolute Gasteiger partial charge is 0.481 e. The van der Waals surface area contributed by atoms with Gasteiger partial charge >= 0.3 is 5.97 Å². The minimum absolute atomic E-state index is 0.000178. The molecular weight excluding hydrogens is 526 g/mol. The molecule has 0 aromatic heterocycles.